The van der Waals surface area contributed by atoms with Crippen LogP contribution in [-0.4, -0.2) is 24.3 Å². The van der Waals surface area contributed by atoms with E-state index in [1.807, 2.05) is 0 Å². The molecule has 3 nitrogen and oxygen atoms in total. The van der Waals surface area contributed by atoms with Gasteiger partial charge in [-0.05, 0) is 37.1 Å². The molecule has 0 radical (unpaired) electrons. The van der Waals surface area contributed by atoms with E-state index < -0.39 is 30.9 Å². The van der Waals surface area contributed by atoms with E-state index in [-0.39, 0.29) is 16.7 Å². The number of ether oxygens (including phenoxy) is 1. The zero-order valence-corrected chi connectivity index (χ0v) is 9.97. The molecule has 0 saturated carbocycles. The molecule has 0 amide bonds. The second-order valence-corrected chi connectivity index (χ2v) is 4.02. The molecule has 0 aliphatic rings. The van der Waals surface area contributed by atoms with Crippen molar-refractivity contribution >= 4 is 5.97 Å². The third-order valence-electron chi connectivity index (χ3n) is 2.37. The van der Waals surface area contributed by atoms with Crippen LogP contribution in [0.2, 0.25) is 0 Å². The Labute approximate surface area is 102 Å². The van der Waals surface area contributed by atoms with Gasteiger partial charge in [-0.2, -0.15) is 8.78 Å². The van der Waals surface area contributed by atoms with Gasteiger partial charge in [-0.1, -0.05) is 0 Å². The summed E-state index contributed by atoms with van der Waals surface area (Å²) in [5, 5.41) is 8.29. The van der Waals surface area contributed by atoms with Crippen LogP contribution >= 0.6 is 0 Å². The summed E-state index contributed by atoms with van der Waals surface area (Å²) in [7, 11) is 0. The van der Waals surface area contributed by atoms with E-state index in [0.717, 1.165) is 12.1 Å². The predicted octanol–water partition coefficient (Wildman–Crippen LogP) is 2.64. The van der Waals surface area contributed by atoms with Crippen LogP contribution < -0.4 is 0 Å². The summed E-state index contributed by atoms with van der Waals surface area (Å²) >= 11 is 0. The fraction of sp³-hybridized carbons (Fsp3) is 0.417. The molecule has 0 aliphatic carbocycles. The molecule has 0 heterocycles. The summed E-state index contributed by atoms with van der Waals surface area (Å²) in [6.45, 7) is 0.929. The maximum absolute atomic E-state index is 13.7. The quantitative estimate of drug-likeness (QED) is 0.887. The lowest BCUT2D eigenvalue weighted by atomic mass is 10.0. The molecule has 1 aromatic carbocycles. The minimum atomic E-state index is -3.35. The smallest absolute Gasteiger partial charge is 0.329 e. The SMILES string of the molecule is Cc1cc(C(F)(F)COCC(=O)O)cc(C)c1F. The second kappa shape index (κ2) is 5.39. The van der Waals surface area contributed by atoms with E-state index in [0.29, 0.717) is 0 Å². The Balaban J connectivity index is 2.87. The Morgan fingerprint density at radius 3 is 2.28 bits per heavy atom. The molecule has 18 heavy (non-hydrogen) atoms. The average Bonchev–Trinajstić information content (AvgIpc) is 2.24. The van der Waals surface area contributed by atoms with Gasteiger partial charge in [0.15, 0.2) is 0 Å². The van der Waals surface area contributed by atoms with Crippen molar-refractivity contribution in [3.05, 3.63) is 34.6 Å². The van der Waals surface area contributed by atoms with E-state index in [1.54, 1.807) is 0 Å². The first-order valence-electron chi connectivity index (χ1n) is 5.18. The van der Waals surface area contributed by atoms with Gasteiger partial charge in [-0.15, -0.1) is 0 Å². The van der Waals surface area contributed by atoms with Crippen LogP contribution in [0.4, 0.5) is 13.2 Å². The van der Waals surface area contributed by atoms with Gasteiger partial charge in [-0.25, -0.2) is 9.18 Å². The highest BCUT2D eigenvalue weighted by Crippen LogP contribution is 2.30. The Kier molecular flexibility index (Phi) is 4.34. The van der Waals surface area contributed by atoms with Gasteiger partial charge in [0.1, 0.15) is 19.0 Å². The number of carboxylic acid groups (broad SMARTS) is 1. The zero-order valence-electron chi connectivity index (χ0n) is 9.97. The summed E-state index contributed by atoms with van der Waals surface area (Å²) in [5.74, 6) is -5.20. The van der Waals surface area contributed by atoms with Gasteiger partial charge in [0.05, 0.1) is 0 Å². The van der Waals surface area contributed by atoms with Crippen molar-refractivity contribution in [2.45, 2.75) is 19.8 Å². The monoisotopic (exact) mass is 262 g/mol. The fourth-order valence-corrected chi connectivity index (χ4v) is 1.51. The largest absolute Gasteiger partial charge is 0.480 e. The first kappa shape index (κ1) is 14.5. The van der Waals surface area contributed by atoms with Gasteiger partial charge in [-0.3, -0.25) is 0 Å². The Bertz CT molecular complexity index is 435. The normalized spacial score (nSPS) is 11.6. The maximum atomic E-state index is 13.7. The minimum Gasteiger partial charge on any atom is -0.480 e. The van der Waals surface area contributed by atoms with Crippen molar-refractivity contribution in [2.75, 3.05) is 13.2 Å². The number of aryl methyl sites for hydroxylation is 2. The number of carboxylic acids is 1. The Hall–Kier alpha value is -1.56. The number of carbonyl (C=O) groups is 1. The highest BCUT2D eigenvalue weighted by atomic mass is 19.3. The topological polar surface area (TPSA) is 46.5 Å². The van der Waals surface area contributed by atoms with Gasteiger partial charge in [0, 0.05) is 5.56 Å². The lowest BCUT2D eigenvalue weighted by molar-refractivity contribution is -0.147. The summed E-state index contributed by atoms with van der Waals surface area (Å²) in [6.07, 6.45) is 0. The summed E-state index contributed by atoms with van der Waals surface area (Å²) < 4.78 is 45.0. The molecular weight excluding hydrogens is 249 g/mol. The van der Waals surface area contributed by atoms with E-state index in [4.69, 9.17) is 5.11 Å². The van der Waals surface area contributed by atoms with E-state index in [2.05, 4.69) is 4.74 Å². The van der Waals surface area contributed by atoms with Crippen molar-refractivity contribution < 1.29 is 27.8 Å². The first-order valence-corrected chi connectivity index (χ1v) is 5.18. The summed E-state index contributed by atoms with van der Waals surface area (Å²) in [4.78, 5) is 10.2. The van der Waals surface area contributed by atoms with E-state index in [9.17, 15) is 18.0 Å². The molecule has 0 bridgehead atoms. The van der Waals surface area contributed by atoms with Gasteiger partial charge < -0.3 is 9.84 Å². The number of rotatable bonds is 5. The molecule has 0 unspecified atom stereocenters. The number of halogens is 3. The molecule has 0 fully saturated rings. The van der Waals surface area contributed by atoms with Crippen molar-refractivity contribution in [1.82, 2.24) is 0 Å². The van der Waals surface area contributed by atoms with Crippen LogP contribution in [-0.2, 0) is 15.5 Å². The second-order valence-electron chi connectivity index (χ2n) is 4.02. The maximum Gasteiger partial charge on any atom is 0.329 e. The highest BCUT2D eigenvalue weighted by Gasteiger charge is 2.33. The summed E-state index contributed by atoms with van der Waals surface area (Å²) in [5.41, 5.74) is -0.157. The molecule has 0 atom stereocenters. The molecule has 1 aromatic rings. The molecule has 1 N–H and O–H groups in total. The molecule has 100 valence electrons. The molecule has 0 saturated heterocycles. The molecule has 6 heteroatoms. The van der Waals surface area contributed by atoms with E-state index in [1.165, 1.54) is 13.8 Å². The van der Waals surface area contributed by atoms with Crippen molar-refractivity contribution in [1.29, 1.82) is 0 Å². The van der Waals surface area contributed by atoms with Crippen LogP contribution in [0.1, 0.15) is 16.7 Å². The molecule has 0 spiro atoms. The lowest BCUT2D eigenvalue weighted by Gasteiger charge is -2.18. The molecular formula is C12H13F3O3. The van der Waals surface area contributed by atoms with Crippen molar-refractivity contribution in [2.24, 2.45) is 0 Å². The van der Waals surface area contributed by atoms with Gasteiger partial charge in [0.2, 0.25) is 0 Å². The van der Waals surface area contributed by atoms with Crippen molar-refractivity contribution in [3.63, 3.8) is 0 Å². The molecule has 1 rings (SSSR count). The third kappa shape index (κ3) is 3.46. The standard InChI is InChI=1S/C12H13F3O3/c1-7-3-9(4-8(2)11(7)13)12(14,15)6-18-5-10(16)17/h3-4H,5-6H2,1-2H3,(H,16,17). The average molecular weight is 262 g/mol. The number of benzene rings is 1. The van der Waals surface area contributed by atoms with Gasteiger partial charge >= 0.3 is 5.97 Å². The lowest BCUT2D eigenvalue weighted by Crippen LogP contribution is -2.23. The number of alkyl halides is 2. The Morgan fingerprint density at radius 2 is 1.83 bits per heavy atom. The highest BCUT2D eigenvalue weighted by molar-refractivity contribution is 5.68. The van der Waals surface area contributed by atoms with Crippen molar-refractivity contribution in [3.8, 4) is 0 Å². The Morgan fingerprint density at radius 1 is 1.33 bits per heavy atom. The number of hydrogen-bond acceptors (Lipinski definition) is 2. The minimum absolute atomic E-state index is 0.114. The zero-order chi connectivity index (χ0) is 13.9. The van der Waals surface area contributed by atoms with Crippen LogP contribution in [0.5, 0.6) is 0 Å². The third-order valence-corrected chi connectivity index (χ3v) is 2.37. The summed E-state index contributed by atoms with van der Waals surface area (Å²) in [6, 6.07) is 2.07. The van der Waals surface area contributed by atoms with Crippen LogP contribution in [0.25, 0.3) is 0 Å². The van der Waals surface area contributed by atoms with Crippen LogP contribution in [0.3, 0.4) is 0 Å². The van der Waals surface area contributed by atoms with Crippen LogP contribution in [0.15, 0.2) is 12.1 Å². The van der Waals surface area contributed by atoms with E-state index >= 15 is 0 Å². The molecule has 0 aliphatic heterocycles. The number of aliphatic carboxylic acids is 1. The number of hydrogen-bond donors (Lipinski definition) is 1. The molecule has 0 aromatic heterocycles. The first-order chi connectivity index (χ1) is 8.24. The predicted molar refractivity (Wildman–Crippen MR) is 58.2 cm³/mol. The fourth-order valence-electron chi connectivity index (χ4n) is 1.51. The van der Waals surface area contributed by atoms with Gasteiger partial charge in [0.25, 0.3) is 5.92 Å². The van der Waals surface area contributed by atoms with Crippen LogP contribution in [0, 0.1) is 19.7 Å².